The third-order valence-corrected chi connectivity index (χ3v) is 2.85. The van der Waals surface area contributed by atoms with E-state index in [2.05, 4.69) is 0 Å². The molecule has 0 N–H and O–H groups in total. The number of hydrogen-bond donors (Lipinski definition) is 0. The zero-order chi connectivity index (χ0) is 15.4. The van der Waals surface area contributed by atoms with Crippen LogP contribution in [-0.2, 0) is 0 Å². The zero-order valence-corrected chi connectivity index (χ0v) is 11.3. The number of rotatable bonds is 5. The molecule has 0 aliphatic carbocycles. The minimum atomic E-state index is -1.65. The van der Waals surface area contributed by atoms with Gasteiger partial charge in [-0.15, -0.1) is 0 Å². The van der Waals surface area contributed by atoms with Crippen LogP contribution in [0.4, 0.5) is 13.2 Å². The van der Waals surface area contributed by atoms with Crippen molar-refractivity contribution in [1.82, 2.24) is 0 Å². The Kier molecular flexibility index (Phi) is 4.62. The first-order chi connectivity index (χ1) is 10.0. The predicted molar refractivity (Wildman–Crippen MR) is 72.0 cm³/mol. The average molecular weight is 294 g/mol. The lowest BCUT2D eigenvalue weighted by Crippen LogP contribution is -2.07. The lowest BCUT2D eigenvalue weighted by atomic mass is 10.0. The molecule has 0 aliphatic heterocycles. The fraction of sp³-hybridized carbons (Fsp3) is 0.188. The molecule has 0 saturated carbocycles. The number of ether oxygens (including phenoxy) is 1. The molecule has 0 saturated heterocycles. The van der Waals surface area contributed by atoms with E-state index in [0.29, 0.717) is 12.4 Å². The largest absolute Gasteiger partial charge is 0.494 e. The highest BCUT2D eigenvalue weighted by atomic mass is 19.2. The highest BCUT2D eigenvalue weighted by molar-refractivity contribution is 6.09. The molecule has 0 unspecified atom stereocenters. The van der Waals surface area contributed by atoms with E-state index in [-0.39, 0.29) is 5.56 Å². The van der Waals surface area contributed by atoms with Crippen molar-refractivity contribution in [2.45, 2.75) is 13.3 Å². The van der Waals surface area contributed by atoms with Gasteiger partial charge in [0.05, 0.1) is 12.2 Å². The summed E-state index contributed by atoms with van der Waals surface area (Å²) < 4.78 is 45.1. The molecule has 2 aromatic carbocycles. The van der Waals surface area contributed by atoms with Gasteiger partial charge in [-0.2, -0.15) is 0 Å². The third kappa shape index (κ3) is 3.24. The van der Waals surface area contributed by atoms with E-state index in [1.165, 1.54) is 12.1 Å². The summed E-state index contributed by atoms with van der Waals surface area (Å²) in [5, 5.41) is 0. The van der Waals surface area contributed by atoms with Crippen molar-refractivity contribution in [2.75, 3.05) is 6.61 Å². The van der Waals surface area contributed by atoms with Gasteiger partial charge in [-0.05, 0) is 30.7 Å². The van der Waals surface area contributed by atoms with Gasteiger partial charge in [-0.25, -0.2) is 13.2 Å². The first kappa shape index (κ1) is 15.1. The second-order valence-electron chi connectivity index (χ2n) is 4.43. The molecule has 0 spiro atoms. The molecule has 0 heterocycles. The van der Waals surface area contributed by atoms with Crippen LogP contribution in [0.1, 0.15) is 29.3 Å². The molecule has 0 amide bonds. The second-order valence-corrected chi connectivity index (χ2v) is 4.43. The van der Waals surface area contributed by atoms with Crippen molar-refractivity contribution < 1.29 is 22.7 Å². The summed E-state index contributed by atoms with van der Waals surface area (Å²) in [5.41, 5.74) is -0.366. The van der Waals surface area contributed by atoms with Crippen LogP contribution < -0.4 is 4.74 Å². The van der Waals surface area contributed by atoms with Crippen molar-refractivity contribution in [2.24, 2.45) is 0 Å². The predicted octanol–water partition coefficient (Wildman–Crippen LogP) is 4.12. The normalized spacial score (nSPS) is 10.5. The quantitative estimate of drug-likeness (QED) is 0.612. The first-order valence-corrected chi connectivity index (χ1v) is 6.45. The van der Waals surface area contributed by atoms with Crippen LogP contribution in [0.5, 0.6) is 5.75 Å². The Hall–Kier alpha value is -2.30. The summed E-state index contributed by atoms with van der Waals surface area (Å²) in [6.45, 7) is 2.42. The Labute approximate surface area is 120 Å². The monoisotopic (exact) mass is 294 g/mol. The van der Waals surface area contributed by atoms with Crippen LogP contribution in [0.25, 0.3) is 0 Å². The fourth-order valence-electron chi connectivity index (χ4n) is 1.80. The minimum absolute atomic E-state index is 0.147. The number of carbonyl (C=O) groups is 1. The molecule has 0 aromatic heterocycles. The van der Waals surface area contributed by atoms with Crippen molar-refractivity contribution in [3.63, 3.8) is 0 Å². The summed E-state index contributed by atoms with van der Waals surface area (Å²) in [7, 11) is 0. The lowest BCUT2D eigenvalue weighted by Gasteiger charge is -2.07. The van der Waals surface area contributed by atoms with E-state index in [9.17, 15) is 18.0 Å². The van der Waals surface area contributed by atoms with Gasteiger partial charge in [0.2, 0.25) is 0 Å². The molecule has 2 rings (SSSR count). The maximum absolute atomic E-state index is 13.6. The van der Waals surface area contributed by atoms with Gasteiger partial charge in [0, 0.05) is 5.56 Å². The number of hydrogen-bond acceptors (Lipinski definition) is 2. The first-order valence-electron chi connectivity index (χ1n) is 6.45. The maximum atomic E-state index is 13.6. The standard InChI is InChI=1S/C16H13F3O2/c1-2-8-21-11-5-3-4-10(9-11)16(20)12-6-7-13(17)15(19)14(12)18/h3-7,9H,2,8H2,1H3. The van der Waals surface area contributed by atoms with Gasteiger partial charge in [0.1, 0.15) is 5.75 Å². The molecule has 5 heteroatoms. The van der Waals surface area contributed by atoms with Crippen LogP contribution in [0.2, 0.25) is 0 Å². The van der Waals surface area contributed by atoms with Gasteiger partial charge < -0.3 is 4.74 Å². The smallest absolute Gasteiger partial charge is 0.196 e. The summed E-state index contributed by atoms with van der Waals surface area (Å²) in [6.07, 6.45) is 0.802. The molecule has 2 aromatic rings. The molecule has 0 fully saturated rings. The SMILES string of the molecule is CCCOc1cccc(C(=O)c2ccc(F)c(F)c2F)c1. The van der Waals surface area contributed by atoms with E-state index in [4.69, 9.17) is 4.74 Å². The summed E-state index contributed by atoms with van der Waals surface area (Å²) in [5.74, 6) is -4.73. The van der Waals surface area contributed by atoms with Crippen molar-refractivity contribution in [3.8, 4) is 5.75 Å². The molecule has 21 heavy (non-hydrogen) atoms. The molecule has 0 bridgehead atoms. The van der Waals surface area contributed by atoms with E-state index in [1.807, 2.05) is 6.92 Å². The number of carbonyl (C=O) groups excluding carboxylic acids is 1. The molecule has 0 radical (unpaired) electrons. The Morgan fingerprint density at radius 2 is 1.86 bits per heavy atom. The topological polar surface area (TPSA) is 26.3 Å². The average Bonchev–Trinajstić information content (AvgIpc) is 2.50. The molecule has 110 valence electrons. The highest BCUT2D eigenvalue weighted by Crippen LogP contribution is 2.21. The summed E-state index contributed by atoms with van der Waals surface area (Å²) in [4.78, 5) is 12.2. The van der Waals surface area contributed by atoms with Crippen LogP contribution >= 0.6 is 0 Å². The van der Waals surface area contributed by atoms with Gasteiger partial charge in [0.25, 0.3) is 0 Å². The Morgan fingerprint density at radius 1 is 1.10 bits per heavy atom. The van der Waals surface area contributed by atoms with Gasteiger partial charge in [-0.3, -0.25) is 4.79 Å². The van der Waals surface area contributed by atoms with Gasteiger partial charge in [-0.1, -0.05) is 19.1 Å². The Morgan fingerprint density at radius 3 is 2.57 bits per heavy atom. The van der Waals surface area contributed by atoms with Crippen LogP contribution in [-0.4, -0.2) is 12.4 Å². The fourth-order valence-corrected chi connectivity index (χ4v) is 1.80. The van der Waals surface area contributed by atoms with Crippen LogP contribution in [0.15, 0.2) is 36.4 Å². The Balaban J connectivity index is 2.34. The summed E-state index contributed by atoms with van der Waals surface area (Å²) in [6, 6.07) is 7.79. The molecule has 0 atom stereocenters. The van der Waals surface area contributed by atoms with Crippen LogP contribution in [0.3, 0.4) is 0 Å². The van der Waals surface area contributed by atoms with Crippen molar-refractivity contribution in [1.29, 1.82) is 0 Å². The third-order valence-electron chi connectivity index (χ3n) is 2.85. The molecule has 2 nitrogen and oxygen atoms in total. The summed E-state index contributed by atoms with van der Waals surface area (Å²) >= 11 is 0. The second kappa shape index (κ2) is 6.43. The maximum Gasteiger partial charge on any atom is 0.196 e. The zero-order valence-electron chi connectivity index (χ0n) is 11.3. The number of ketones is 1. The van der Waals surface area contributed by atoms with E-state index in [1.54, 1.807) is 12.1 Å². The van der Waals surface area contributed by atoms with Gasteiger partial charge >= 0.3 is 0 Å². The lowest BCUT2D eigenvalue weighted by molar-refractivity contribution is 0.103. The van der Waals surface area contributed by atoms with Crippen molar-refractivity contribution >= 4 is 5.78 Å². The van der Waals surface area contributed by atoms with Gasteiger partial charge in [0.15, 0.2) is 23.2 Å². The molecule has 0 aliphatic rings. The Bertz CT molecular complexity index is 669. The molecular weight excluding hydrogens is 281 g/mol. The molecular formula is C16H13F3O2. The van der Waals surface area contributed by atoms with E-state index < -0.39 is 28.8 Å². The highest BCUT2D eigenvalue weighted by Gasteiger charge is 2.20. The van der Waals surface area contributed by atoms with E-state index >= 15 is 0 Å². The van der Waals surface area contributed by atoms with Crippen LogP contribution in [0, 0.1) is 17.5 Å². The minimum Gasteiger partial charge on any atom is -0.494 e. The number of benzene rings is 2. The number of halogens is 3. The van der Waals surface area contributed by atoms with E-state index in [0.717, 1.165) is 18.6 Å². The van der Waals surface area contributed by atoms with Crippen molar-refractivity contribution in [3.05, 3.63) is 65.0 Å².